The van der Waals surface area contributed by atoms with E-state index >= 15 is 0 Å². The van der Waals surface area contributed by atoms with Gasteiger partial charge in [0.05, 0.1) is 6.42 Å². The van der Waals surface area contributed by atoms with Gasteiger partial charge >= 0.3 is 6.18 Å². The Morgan fingerprint density at radius 3 is 1.93 bits per heavy atom. The van der Waals surface area contributed by atoms with Crippen molar-refractivity contribution < 1.29 is 13.2 Å². The summed E-state index contributed by atoms with van der Waals surface area (Å²) in [7, 11) is 0. The first-order chi connectivity index (χ1) is 6.39. The van der Waals surface area contributed by atoms with Crippen molar-refractivity contribution in [1.82, 2.24) is 5.32 Å². The van der Waals surface area contributed by atoms with Crippen molar-refractivity contribution in [3.05, 3.63) is 0 Å². The molecule has 14 heavy (non-hydrogen) atoms. The van der Waals surface area contributed by atoms with E-state index in [1.807, 2.05) is 6.92 Å². The second-order valence-corrected chi connectivity index (χ2v) is 3.73. The zero-order chi connectivity index (χ0) is 11.2. The van der Waals surface area contributed by atoms with Crippen LogP contribution in [0.1, 0.15) is 19.8 Å². The Labute approximate surface area is 91.9 Å². The number of hydrogen-bond acceptors (Lipinski definition) is 1. The molecule has 86 valence electrons. The Morgan fingerprint density at radius 2 is 1.64 bits per heavy atom. The van der Waals surface area contributed by atoms with E-state index in [9.17, 15) is 13.2 Å². The topological polar surface area (TPSA) is 12.0 Å². The van der Waals surface area contributed by atoms with Crippen molar-refractivity contribution in [1.29, 1.82) is 0 Å². The summed E-state index contributed by atoms with van der Waals surface area (Å²) in [6.45, 7) is 1.70. The van der Waals surface area contributed by atoms with Crippen molar-refractivity contribution >= 4 is 23.2 Å². The highest BCUT2D eigenvalue weighted by Crippen LogP contribution is 2.20. The largest absolute Gasteiger partial charge is 0.390 e. The van der Waals surface area contributed by atoms with Gasteiger partial charge in [-0.15, -0.1) is 23.2 Å². The molecule has 0 saturated carbocycles. The normalized spacial score (nSPS) is 13.3. The predicted molar refractivity (Wildman–Crippen MR) is 53.1 cm³/mol. The third-order valence-corrected chi connectivity index (χ3v) is 3.12. The number of alkyl halides is 5. The fraction of sp³-hybridized carbons (Fsp3) is 1.00. The summed E-state index contributed by atoms with van der Waals surface area (Å²) in [4.78, 5) is 0. The average Bonchev–Trinajstić information content (AvgIpc) is 2.11. The van der Waals surface area contributed by atoms with Gasteiger partial charge in [0.2, 0.25) is 0 Å². The zero-order valence-corrected chi connectivity index (χ0v) is 9.44. The maximum Gasteiger partial charge on any atom is 0.390 e. The van der Waals surface area contributed by atoms with Gasteiger partial charge in [-0.3, -0.25) is 0 Å². The third-order valence-electron chi connectivity index (χ3n) is 2.10. The molecule has 0 heterocycles. The van der Waals surface area contributed by atoms with Gasteiger partial charge in [-0.25, -0.2) is 0 Å². The molecule has 0 aliphatic heterocycles. The molecule has 6 heteroatoms. The summed E-state index contributed by atoms with van der Waals surface area (Å²) in [6.07, 6.45) is -4.38. The summed E-state index contributed by atoms with van der Waals surface area (Å²) in [5, 5.41) is 2.75. The smallest absolute Gasteiger partial charge is 0.309 e. The molecule has 0 bridgehead atoms. The second-order valence-electron chi connectivity index (χ2n) is 3.19. The number of rotatable bonds is 6. The van der Waals surface area contributed by atoms with Gasteiger partial charge in [-0.05, 0) is 6.42 Å². The van der Waals surface area contributed by atoms with Crippen LogP contribution in [0.5, 0.6) is 0 Å². The average molecular weight is 252 g/mol. The summed E-state index contributed by atoms with van der Waals surface area (Å²) in [6, 6.07) is 0. The van der Waals surface area contributed by atoms with E-state index in [0.717, 1.165) is 0 Å². The lowest BCUT2D eigenvalue weighted by molar-refractivity contribution is -0.134. The number of halogens is 5. The highest BCUT2D eigenvalue weighted by Gasteiger charge is 2.30. The molecule has 0 atom stereocenters. The molecule has 0 spiro atoms. The van der Waals surface area contributed by atoms with Gasteiger partial charge in [-0.2, -0.15) is 13.2 Å². The van der Waals surface area contributed by atoms with Crippen LogP contribution in [0.4, 0.5) is 13.2 Å². The summed E-state index contributed by atoms with van der Waals surface area (Å²) in [5.74, 6) is 0.426. The van der Waals surface area contributed by atoms with Gasteiger partial charge in [0, 0.05) is 23.8 Å². The van der Waals surface area contributed by atoms with Crippen molar-refractivity contribution in [2.24, 2.45) is 0 Å². The van der Waals surface area contributed by atoms with Gasteiger partial charge in [-0.1, -0.05) is 6.92 Å². The molecular formula is C8H14Cl2F3N. The van der Waals surface area contributed by atoms with E-state index in [1.54, 1.807) is 0 Å². The Balaban J connectivity index is 3.95. The molecule has 0 aromatic heterocycles. The van der Waals surface area contributed by atoms with Crippen LogP contribution in [0, 0.1) is 0 Å². The maximum absolute atomic E-state index is 11.8. The first-order valence-electron chi connectivity index (χ1n) is 4.33. The van der Waals surface area contributed by atoms with Crippen LogP contribution < -0.4 is 5.32 Å². The van der Waals surface area contributed by atoms with Crippen molar-refractivity contribution in [2.45, 2.75) is 31.5 Å². The molecule has 0 amide bonds. The minimum Gasteiger partial charge on any atom is -0.309 e. The highest BCUT2D eigenvalue weighted by molar-refractivity contribution is 6.22. The van der Waals surface area contributed by atoms with Crippen LogP contribution in [-0.2, 0) is 0 Å². The number of nitrogens with one attached hydrogen (secondary N) is 1. The fourth-order valence-corrected chi connectivity index (χ4v) is 1.77. The maximum atomic E-state index is 11.8. The summed E-state index contributed by atoms with van der Waals surface area (Å²) >= 11 is 11.3. The first-order valence-corrected chi connectivity index (χ1v) is 5.40. The summed E-state index contributed by atoms with van der Waals surface area (Å²) in [5.41, 5.74) is -0.575. The van der Waals surface area contributed by atoms with E-state index in [2.05, 4.69) is 5.32 Å². The Hall–Kier alpha value is 0.330. The van der Waals surface area contributed by atoms with E-state index in [0.29, 0.717) is 6.42 Å². The lowest BCUT2D eigenvalue weighted by Gasteiger charge is -2.29. The van der Waals surface area contributed by atoms with Gasteiger partial charge in [0.25, 0.3) is 0 Å². The van der Waals surface area contributed by atoms with E-state index in [1.165, 1.54) is 0 Å². The van der Waals surface area contributed by atoms with Crippen LogP contribution in [0.3, 0.4) is 0 Å². The predicted octanol–water partition coefficient (Wildman–Crippen LogP) is 3.15. The highest BCUT2D eigenvalue weighted by atomic mass is 35.5. The molecule has 0 aromatic carbocycles. The molecule has 0 aliphatic rings. The third kappa shape index (κ3) is 5.27. The van der Waals surface area contributed by atoms with E-state index in [4.69, 9.17) is 23.2 Å². The molecule has 0 aliphatic carbocycles. The van der Waals surface area contributed by atoms with Crippen molar-refractivity contribution in [2.75, 3.05) is 18.3 Å². The molecule has 0 rings (SSSR count). The van der Waals surface area contributed by atoms with E-state index in [-0.39, 0.29) is 18.3 Å². The molecule has 0 saturated heterocycles. The fourth-order valence-electron chi connectivity index (χ4n) is 0.914. The van der Waals surface area contributed by atoms with Gasteiger partial charge < -0.3 is 5.32 Å². The molecule has 0 fully saturated rings. The minimum absolute atomic E-state index is 0.142. The van der Waals surface area contributed by atoms with Crippen molar-refractivity contribution in [3.63, 3.8) is 0 Å². The Bertz CT molecular complexity index is 149. The van der Waals surface area contributed by atoms with Crippen LogP contribution in [0.15, 0.2) is 0 Å². The summed E-state index contributed by atoms with van der Waals surface area (Å²) < 4.78 is 35.5. The SMILES string of the molecule is CCC(CCl)(CCl)NCCC(F)(F)F. The Morgan fingerprint density at radius 1 is 1.14 bits per heavy atom. The standard InChI is InChI=1S/C8H14Cl2F3N/c1-2-7(5-9,6-10)14-4-3-8(11,12)13/h14H,2-6H2,1H3. The van der Waals surface area contributed by atoms with Crippen LogP contribution in [-0.4, -0.2) is 30.0 Å². The van der Waals surface area contributed by atoms with Crippen LogP contribution >= 0.6 is 23.2 Å². The second kappa shape index (κ2) is 6.03. The van der Waals surface area contributed by atoms with Gasteiger partial charge in [0.15, 0.2) is 0 Å². The zero-order valence-electron chi connectivity index (χ0n) is 7.93. The quantitative estimate of drug-likeness (QED) is 0.716. The lowest BCUT2D eigenvalue weighted by Crippen LogP contribution is -2.49. The van der Waals surface area contributed by atoms with Crippen LogP contribution in [0.2, 0.25) is 0 Å². The molecule has 0 unspecified atom stereocenters. The number of hydrogen-bond donors (Lipinski definition) is 1. The molecule has 1 nitrogen and oxygen atoms in total. The van der Waals surface area contributed by atoms with Gasteiger partial charge in [0.1, 0.15) is 0 Å². The monoisotopic (exact) mass is 251 g/mol. The Kier molecular flexibility index (Phi) is 6.17. The molecular weight excluding hydrogens is 238 g/mol. The van der Waals surface area contributed by atoms with E-state index < -0.39 is 18.1 Å². The molecule has 0 aromatic rings. The minimum atomic E-state index is -4.13. The molecule has 0 radical (unpaired) electrons. The van der Waals surface area contributed by atoms with Crippen molar-refractivity contribution in [3.8, 4) is 0 Å². The van der Waals surface area contributed by atoms with Crippen LogP contribution in [0.25, 0.3) is 0 Å². The first kappa shape index (κ1) is 14.3. The lowest BCUT2D eigenvalue weighted by atomic mass is 10.0. The molecule has 1 N–H and O–H groups in total.